The maximum absolute atomic E-state index is 7.35. The molecule has 2 rings (SSSR count). The maximum atomic E-state index is 7.35. The van der Waals surface area contributed by atoms with Crippen LogP contribution in [0.2, 0.25) is 0 Å². The quantitative estimate of drug-likeness (QED) is 0.560. The predicted molar refractivity (Wildman–Crippen MR) is 54.5 cm³/mol. The van der Waals surface area contributed by atoms with Crippen LogP contribution >= 0.6 is 12.4 Å². The molecule has 1 fully saturated rings. The molecule has 0 spiro atoms. The first-order valence-corrected chi connectivity index (χ1v) is 4.07. The van der Waals surface area contributed by atoms with Crippen molar-refractivity contribution in [3.63, 3.8) is 0 Å². The Hall–Kier alpha value is -1.09. The van der Waals surface area contributed by atoms with Crippen molar-refractivity contribution >= 4 is 18.2 Å². The Balaban J connectivity index is 0.000000845. The molecule has 4 heteroatoms. The molecule has 0 bridgehead atoms. The summed E-state index contributed by atoms with van der Waals surface area (Å²) in [5.41, 5.74) is 7.43. The summed E-state index contributed by atoms with van der Waals surface area (Å²) in [6.07, 6.45) is 5.94. The zero-order chi connectivity index (χ0) is 8.55. The molecule has 70 valence electrons. The van der Waals surface area contributed by atoms with Crippen molar-refractivity contribution in [1.29, 1.82) is 5.41 Å². The van der Waals surface area contributed by atoms with E-state index in [-0.39, 0.29) is 18.2 Å². The molecule has 0 saturated heterocycles. The third-order valence-corrected chi connectivity index (χ3v) is 2.16. The van der Waals surface area contributed by atoms with E-state index in [1.807, 2.05) is 12.3 Å². The topological polar surface area (TPSA) is 62.8 Å². The number of rotatable bonds is 2. The van der Waals surface area contributed by atoms with Crippen molar-refractivity contribution in [1.82, 2.24) is 4.98 Å². The molecule has 1 aromatic rings. The highest BCUT2D eigenvalue weighted by molar-refractivity contribution is 5.96. The highest BCUT2D eigenvalue weighted by atomic mass is 35.5. The Bertz CT molecular complexity index is 320. The Morgan fingerprint density at radius 3 is 2.77 bits per heavy atom. The second-order valence-electron chi connectivity index (χ2n) is 3.15. The van der Waals surface area contributed by atoms with Crippen LogP contribution in [0.1, 0.15) is 29.9 Å². The lowest BCUT2D eigenvalue weighted by Crippen LogP contribution is -2.13. The van der Waals surface area contributed by atoms with Gasteiger partial charge in [-0.1, -0.05) is 0 Å². The molecule has 0 unspecified atom stereocenters. The smallest absolute Gasteiger partial charge is 0.123 e. The average molecular weight is 198 g/mol. The molecule has 13 heavy (non-hydrogen) atoms. The van der Waals surface area contributed by atoms with E-state index in [1.165, 1.54) is 12.8 Å². The number of hydrogen-bond donors (Lipinski definition) is 2. The van der Waals surface area contributed by atoms with E-state index in [9.17, 15) is 0 Å². The molecule has 1 saturated carbocycles. The number of pyridine rings is 1. The van der Waals surface area contributed by atoms with Crippen LogP contribution in [0.15, 0.2) is 18.5 Å². The average Bonchev–Trinajstić information content (AvgIpc) is 2.87. The lowest BCUT2D eigenvalue weighted by atomic mass is 10.1. The molecule has 0 aromatic carbocycles. The van der Waals surface area contributed by atoms with Crippen LogP contribution in [0.5, 0.6) is 0 Å². The van der Waals surface area contributed by atoms with Crippen LogP contribution in [0.25, 0.3) is 0 Å². The fraction of sp³-hybridized carbons (Fsp3) is 0.333. The second kappa shape index (κ2) is 3.75. The van der Waals surface area contributed by atoms with Crippen molar-refractivity contribution in [2.24, 2.45) is 5.73 Å². The van der Waals surface area contributed by atoms with Crippen molar-refractivity contribution in [2.45, 2.75) is 18.8 Å². The van der Waals surface area contributed by atoms with Gasteiger partial charge in [-0.05, 0) is 30.4 Å². The van der Waals surface area contributed by atoms with Gasteiger partial charge in [0, 0.05) is 18.0 Å². The molecular weight excluding hydrogens is 186 g/mol. The van der Waals surface area contributed by atoms with Crippen LogP contribution in [-0.4, -0.2) is 10.8 Å². The zero-order valence-electron chi connectivity index (χ0n) is 7.16. The zero-order valence-corrected chi connectivity index (χ0v) is 7.97. The monoisotopic (exact) mass is 197 g/mol. The van der Waals surface area contributed by atoms with Crippen LogP contribution in [0, 0.1) is 5.41 Å². The Labute approximate surface area is 83.3 Å². The first kappa shape index (κ1) is 9.99. The normalized spacial score (nSPS) is 14.8. The Morgan fingerprint density at radius 1 is 1.54 bits per heavy atom. The second-order valence-corrected chi connectivity index (χ2v) is 3.15. The molecule has 1 heterocycles. The van der Waals surface area contributed by atoms with Gasteiger partial charge in [0.25, 0.3) is 0 Å². The first-order valence-electron chi connectivity index (χ1n) is 4.07. The standard InChI is InChI=1S/C9H11N3.ClH/c10-9(11)7-3-4-12-5-8(7)6-1-2-6;/h3-6H,1-2H2,(H3,10,11);1H. The fourth-order valence-corrected chi connectivity index (χ4v) is 1.37. The molecule has 0 aliphatic heterocycles. The molecule has 3 N–H and O–H groups in total. The van der Waals surface area contributed by atoms with Crippen molar-refractivity contribution in [3.8, 4) is 0 Å². The largest absolute Gasteiger partial charge is 0.384 e. The molecule has 3 nitrogen and oxygen atoms in total. The SMILES string of the molecule is Cl.N=C(N)c1ccncc1C1CC1. The molecule has 0 radical (unpaired) electrons. The van der Waals surface area contributed by atoms with E-state index in [0.717, 1.165) is 11.1 Å². The van der Waals surface area contributed by atoms with Gasteiger partial charge in [0.1, 0.15) is 5.84 Å². The van der Waals surface area contributed by atoms with Crippen LogP contribution < -0.4 is 5.73 Å². The molecule has 1 aliphatic rings. The van der Waals surface area contributed by atoms with Crippen LogP contribution in [0.3, 0.4) is 0 Å². The van der Waals surface area contributed by atoms with Gasteiger partial charge in [-0.2, -0.15) is 0 Å². The van der Waals surface area contributed by atoms with Gasteiger partial charge in [-0.25, -0.2) is 0 Å². The number of aromatic nitrogens is 1. The number of halogens is 1. The fourth-order valence-electron chi connectivity index (χ4n) is 1.37. The summed E-state index contributed by atoms with van der Waals surface area (Å²) >= 11 is 0. The van der Waals surface area contributed by atoms with E-state index < -0.39 is 0 Å². The first-order chi connectivity index (χ1) is 5.79. The summed E-state index contributed by atoms with van der Waals surface area (Å²) < 4.78 is 0. The minimum atomic E-state index is 0. The summed E-state index contributed by atoms with van der Waals surface area (Å²) in [5, 5.41) is 7.35. The van der Waals surface area contributed by atoms with Gasteiger partial charge in [0.05, 0.1) is 0 Å². The van der Waals surface area contributed by atoms with Crippen LogP contribution in [0.4, 0.5) is 0 Å². The molecule has 0 amide bonds. The number of nitrogens with two attached hydrogens (primary N) is 1. The lowest BCUT2D eigenvalue weighted by molar-refractivity contribution is 1.08. The number of nitrogens with one attached hydrogen (secondary N) is 1. The van der Waals surface area contributed by atoms with Gasteiger partial charge in [-0.3, -0.25) is 10.4 Å². The van der Waals surface area contributed by atoms with Crippen molar-refractivity contribution in [3.05, 3.63) is 29.6 Å². The number of hydrogen-bond acceptors (Lipinski definition) is 2. The van der Waals surface area contributed by atoms with Crippen molar-refractivity contribution < 1.29 is 0 Å². The summed E-state index contributed by atoms with van der Waals surface area (Å²) in [6, 6.07) is 1.82. The van der Waals surface area contributed by atoms with Gasteiger partial charge in [-0.15, -0.1) is 12.4 Å². The summed E-state index contributed by atoms with van der Waals surface area (Å²) in [6.45, 7) is 0. The van der Waals surface area contributed by atoms with Crippen LogP contribution in [-0.2, 0) is 0 Å². The van der Waals surface area contributed by atoms with Gasteiger partial charge in [0.15, 0.2) is 0 Å². The molecular formula is C9H12ClN3. The Kier molecular flexibility index (Phi) is 2.88. The number of nitrogens with zero attached hydrogens (tertiary/aromatic N) is 1. The van der Waals surface area contributed by atoms with Gasteiger partial charge >= 0.3 is 0 Å². The maximum Gasteiger partial charge on any atom is 0.123 e. The highest BCUT2D eigenvalue weighted by Gasteiger charge is 2.26. The van der Waals surface area contributed by atoms with Gasteiger partial charge in [0.2, 0.25) is 0 Å². The Morgan fingerprint density at radius 2 is 2.23 bits per heavy atom. The van der Waals surface area contributed by atoms with E-state index in [4.69, 9.17) is 11.1 Å². The summed E-state index contributed by atoms with van der Waals surface area (Å²) in [5.74, 6) is 0.761. The minimum Gasteiger partial charge on any atom is -0.384 e. The van der Waals surface area contributed by atoms with E-state index >= 15 is 0 Å². The van der Waals surface area contributed by atoms with E-state index in [0.29, 0.717) is 5.92 Å². The highest BCUT2D eigenvalue weighted by Crippen LogP contribution is 2.41. The van der Waals surface area contributed by atoms with Crippen molar-refractivity contribution in [2.75, 3.05) is 0 Å². The molecule has 1 aromatic heterocycles. The lowest BCUT2D eigenvalue weighted by Gasteiger charge is -2.04. The predicted octanol–water partition coefficient (Wildman–Crippen LogP) is 1.66. The molecule has 0 atom stereocenters. The third kappa shape index (κ3) is 1.98. The summed E-state index contributed by atoms with van der Waals surface area (Å²) in [4.78, 5) is 4.04. The summed E-state index contributed by atoms with van der Waals surface area (Å²) in [7, 11) is 0. The van der Waals surface area contributed by atoms with E-state index in [1.54, 1.807) is 6.20 Å². The third-order valence-electron chi connectivity index (χ3n) is 2.16. The minimum absolute atomic E-state index is 0. The number of nitrogen functional groups attached to an aromatic ring is 1. The number of amidine groups is 1. The molecule has 1 aliphatic carbocycles. The van der Waals surface area contributed by atoms with E-state index in [2.05, 4.69) is 4.98 Å². The van der Waals surface area contributed by atoms with Gasteiger partial charge < -0.3 is 5.73 Å².